The zero-order valence-corrected chi connectivity index (χ0v) is 17.1. The fourth-order valence-electron chi connectivity index (χ4n) is 3.15. The minimum absolute atomic E-state index is 0.0254. The number of hydrogen-bond donors (Lipinski definition) is 3. The minimum Gasteiger partial charge on any atom is -0.494 e. The maximum atomic E-state index is 14.0. The molecule has 2 aromatic heterocycles. The maximum absolute atomic E-state index is 14.0. The average molecular weight is 413 g/mol. The van der Waals surface area contributed by atoms with Gasteiger partial charge in [-0.2, -0.15) is 0 Å². The molecule has 0 saturated carbocycles. The molecule has 0 atom stereocenters. The van der Waals surface area contributed by atoms with Crippen LogP contribution in [0.3, 0.4) is 0 Å². The number of aromatic nitrogens is 2. The van der Waals surface area contributed by atoms with E-state index in [1.54, 1.807) is 13.0 Å². The molecular weight excluding hydrogens is 389 g/mol. The summed E-state index contributed by atoms with van der Waals surface area (Å²) in [5.74, 6) is -1.40. The molecule has 158 valence electrons. The number of H-pyrrole nitrogens is 1. The highest BCUT2D eigenvalue weighted by Crippen LogP contribution is 2.25. The van der Waals surface area contributed by atoms with Gasteiger partial charge in [0.05, 0.1) is 18.2 Å². The van der Waals surface area contributed by atoms with Crippen molar-refractivity contribution in [1.82, 2.24) is 20.2 Å². The molecule has 0 fully saturated rings. The molecular formula is C21H24FN5O3. The lowest BCUT2D eigenvalue weighted by molar-refractivity contribution is 0.0757. The summed E-state index contributed by atoms with van der Waals surface area (Å²) in [6, 6.07) is 4.12. The molecule has 30 heavy (non-hydrogen) atoms. The SMILES string of the molecule is CCN(CCNC(=O)c1cnc2[nH]cc(C)c2c1)C(=O)c1cc(F)c(OC)cc1N. The number of anilines is 1. The number of hydrogen-bond acceptors (Lipinski definition) is 5. The first kappa shape index (κ1) is 21.1. The largest absolute Gasteiger partial charge is 0.494 e. The summed E-state index contributed by atoms with van der Waals surface area (Å²) in [5.41, 5.74) is 8.22. The number of rotatable bonds is 7. The first-order valence-electron chi connectivity index (χ1n) is 9.49. The summed E-state index contributed by atoms with van der Waals surface area (Å²) in [4.78, 5) is 34.0. The van der Waals surface area contributed by atoms with Crippen molar-refractivity contribution in [3.63, 3.8) is 0 Å². The third-order valence-electron chi connectivity index (χ3n) is 4.89. The van der Waals surface area contributed by atoms with Crippen LogP contribution in [0.1, 0.15) is 33.2 Å². The molecule has 0 spiro atoms. The average Bonchev–Trinajstić information content (AvgIpc) is 3.12. The molecule has 0 unspecified atom stereocenters. The highest BCUT2D eigenvalue weighted by Gasteiger charge is 2.20. The smallest absolute Gasteiger partial charge is 0.256 e. The van der Waals surface area contributed by atoms with E-state index in [2.05, 4.69) is 15.3 Å². The van der Waals surface area contributed by atoms with Crippen LogP contribution >= 0.6 is 0 Å². The number of aryl methyl sites for hydroxylation is 1. The summed E-state index contributed by atoms with van der Waals surface area (Å²) in [5, 5.41) is 3.66. The standard InChI is InChI=1S/C21H24FN5O3/c1-4-27(21(29)15-8-16(22)18(30-3)9-17(15)23)6-5-24-20(28)13-7-14-12(2)10-25-19(14)26-11-13/h7-11H,4-6,23H2,1-3H3,(H,24,28)(H,25,26). The first-order chi connectivity index (χ1) is 14.3. The van der Waals surface area contributed by atoms with Crippen molar-refractivity contribution in [2.45, 2.75) is 13.8 Å². The second kappa shape index (κ2) is 8.81. The number of pyridine rings is 1. The van der Waals surface area contributed by atoms with Gasteiger partial charge in [0.15, 0.2) is 11.6 Å². The molecule has 3 rings (SSSR count). The zero-order valence-electron chi connectivity index (χ0n) is 17.1. The third kappa shape index (κ3) is 4.19. The van der Waals surface area contributed by atoms with Crippen LogP contribution in [0.5, 0.6) is 5.75 Å². The normalized spacial score (nSPS) is 10.8. The van der Waals surface area contributed by atoms with Crippen molar-refractivity contribution >= 4 is 28.5 Å². The first-order valence-corrected chi connectivity index (χ1v) is 9.49. The van der Waals surface area contributed by atoms with E-state index in [0.717, 1.165) is 22.7 Å². The van der Waals surface area contributed by atoms with E-state index < -0.39 is 11.7 Å². The van der Waals surface area contributed by atoms with Gasteiger partial charge < -0.3 is 25.7 Å². The Morgan fingerprint density at radius 1 is 1.33 bits per heavy atom. The summed E-state index contributed by atoms with van der Waals surface area (Å²) in [6.45, 7) is 4.56. The van der Waals surface area contributed by atoms with Crippen LogP contribution in [-0.2, 0) is 0 Å². The number of halogens is 1. The van der Waals surface area contributed by atoms with Gasteiger partial charge in [0, 0.05) is 49.2 Å². The quantitative estimate of drug-likeness (QED) is 0.515. The van der Waals surface area contributed by atoms with Crippen molar-refractivity contribution < 1.29 is 18.7 Å². The van der Waals surface area contributed by atoms with Gasteiger partial charge in [-0.25, -0.2) is 9.37 Å². The second-order valence-electron chi connectivity index (χ2n) is 6.81. The molecule has 2 heterocycles. The number of nitrogens with one attached hydrogen (secondary N) is 2. The van der Waals surface area contributed by atoms with Gasteiger partial charge in [0.25, 0.3) is 11.8 Å². The van der Waals surface area contributed by atoms with Crippen molar-refractivity contribution in [2.75, 3.05) is 32.5 Å². The topological polar surface area (TPSA) is 113 Å². The molecule has 4 N–H and O–H groups in total. The highest BCUT2D eigenvalue weighted by molar-refractivity contribution is 6.00. The van der Waals surface area contributed by atoms with Crippen LogP contribution in [0, 0.1) is 12.7 Å². The van der Waals surface area contributed by atoms with Gasteiger partial charge in [0.2, 0.25) is 0 Å². The van der Waals surface area contributed by atoms with Crippen LogP contribution in [0.25, 0.3) is 11.0 Å². The van der Waals surface area contributed by atoms with Crippen LogP contribution in [-0.4, -0.2) is 53.4 Å². The van der Waals surface area contributed by atoms with Crippen LogP contribution < -0.4 is 15.8 Å². The molecule has 0 aliphatic carbocycles. The minimum atomic E-state index is -0.664. The van der Waals surface area contributed by atoms with E-state index >= 15 is 0 Å². The van der Waals surface area contributed by atoms with E-state index in [4.69, 9.17) is 10.5 Å². The van der Waals surface area contributed by atoms with Gasteiger partial charge in [-0.15, -0.1) is 0 Å². The molecule has 3 aromatic rings. The second-order valence-corrected chi connectivity index (χ2v) is 6.81. The lowest BCUT2D eigenvalue weighted by atomic mass is 10.1. The monoisotopic (exact) mass is 413 g/mol. The van der Waals surface area contributed by atoms with E-state index in [1.807, 2.05) is 13.1 Å². The number of methoxy groups -OCH3 is 1. The van der Waals surface area contributed by atoms with Crippen molar-refractivity contribution in [1.29, 1.82) is 0 Å². The molecule has 8 nitrogen and oxygen atoms in total. The van der Waals surface area contributed by atoms with E-state index in [9.17, 15) is 14.0 Å². The summed E-state index contributed by atoms with van der Waals surface area (Å²) < 4.78 is 18.9. The number of carbonyl (C=O) groups excluding carboxylic acids is 2. The Balaban J connectivity index is 1.64. The number of likely N-dealkylation sites (N-methyl/N-ethyl adjacent to an activating group) is 1. The summed E-state index contributed by atoms with van der Waals surface area (Å²) in [7, 11) is 1.32. The molecule has 0 aliphatic rings. The Labute approximate surface area is 173 Å². The Bertz CT molecular complexity index is 1100. The lowest BCUT2D eigenvalue weighted by Gasteiger charge is -2.22. The van der Waals surface area contributed by atoms with Gasteiger partial charge >= 0.3 is 0 Å². The van der Waals surface area contributed by atoms with Crippen LogP contribution in [0.15, 0.2) is 30.6 Å². The number of carbonyl (C=O) groups is 2. The number of ether oxygens (including phenoxy) is 1. The highest BCUT2D eigenvalue weighted by atomic mass is 19.1. The lowest BCUT2D eigenvalue weighted by Crippen LogP contribution is -2.38. The Hall–Kier alpha value is -3.62. The number of nitrogens with two attached hydrogens (primary N) is 1. The Morgan fingerprint density at radius 3 is 2.80 bits per heavy atom. The van der Waals surface area contributed by atoms with E-state index in [0.29, 0.717) is 12.1 Å². The number of fused-ring (bicyclic) bond motifs is 1. The molecule has 1 aromatic carbocycles. The predicted molar refractivity (Wildman–Crippen MR) is 112 cm³/mol. The number of nitrogens with zero attached hydrogens (tertiary/aromatic N) is 2. The van der Waals surface area contributed by atoms with Gasteiger partial charge in [-0.3, -0.25) is 9.59 Å². The Morgan fingerprint density at radius 2 is 2.10 bits per heavy atom. The predicted octanol–water partition coefficient (Wildman–Crippen LogP) is 2.49. The van der Waals surface area contributed by atoms with Gasteiger partial charge in [-0.1, -0.05) is 0 Å². The fourth-order valence-corrected chi connectivity index (χ4v) is 3.15. The Kier molecular flexibility index (Phi) is 6.20. The zero-order chi connectivity index (χ0) is 21.8. The number of aromatic amines is 1. The molecule has 0 bridgehead atoms. The van der Waals surface area contributed by atoms with Crippen LogP contribution in [0.2, 0.25) is 0 Å². The third-order valence-corrected chi connectivity index (χ3v) is 4.89. The van der Waals surface area contributed by atoms with Crippen LogP contribution in [0.4, 0.5) is 10.1 Å². The van der Waals surface area contributed by atoms with E-state index in [1.165, 1.54) is 24.3 Å². The molecule has 0 radical (unpaired) electrons. The van der Waals surface area contributed by atoms with Crippen molar-refractivity contribution in [3.8, 4) is 5.75 Å². The van der Waals surface area contributed by atoms with Gasteiger partial charge in [-0.05, 0) is 31.5 Å². The molecule has 9 heteroatoms. The maximum Gasteiger partial charge on any atom is 0.256 e. The molecule has 0 aliphatic heterocycles. The molecule has 2 amide bonds. The summed E-state index contributed by atoms with van der Waals surface area (Å²) in [6.07, 6.45) is 3.33. The number of benzene rings is 1. The van der Waals surface area contributed by atoms with Gasteiger partial charge in [0.1, 0.15) is 5.65 Å². The van der Waals surface area contributed by atoms with Crippen molar-refractivity contribution in [3.05, 3.63) is 53.1 Å². The summed E-state index contributed by atoms with van der Waals surface area (Å²) >= 11 is 0. The van der Waals surface area contributed by atoms with E-state index in [-0.39, 0.29) is 36.0 Å². The molecule has 0 saturated heterocycles. The number of nitrogen functional groups attached to an aromatic ring is 1. The van der Waals surface area contributed by atoms with Crippen molar-refractivity contribution in [2.24, 2.45) is 0 Å². The number of amides is 2. The fraction of sp³-hybridized carbons (Fsp3) is 0.286.